The van der Waals surface area contributed by atoms with Gasteiger partial charge in [-0.3, -0.25) is 0 Å². The van der Waals surface area contributed by atoms with Gasteiger partial charge >= 0.3 is 0 Å². The van der Waals surface area contributed by atoms with Crippen LogP contribution in [0.2, 0.25) is 5.02 Å². The third-order valence-corrected chi connectivity index (χ3v) is 7.62. The van der Waals surface area contributed by atoms with E-state index in [1.807, 2.05) is 11.4 Å². The summed E-state index contributed by atoms with van der Waals surface area (Å²) in [5.41, 5.74) is -0.210. The zero-order valence-electron chi connectivity index (χ0n) is 14.7. The molecule has 0 amide bonds. The van der Waals surface area contributed by atoms with Gasteiger partial charge in [-0.1, -0.05) is 28.6 Å². The van der Waals surface area contributed by atoms with E-state index < -0.39 is 36.4 Å². The Hall–Kier alpha value is -1.05. The maximum Gasteiger partial charge on any atom is 0.145 e. The second-order valence-corrected chi connectivity index (χ2v) is 9.64. The van der Waals surface area contributed by atoms with Crippen LogP contribution < -0.4 is 0 Å². The first-order valence-electron chi connectivity index (χ1n) is 8.54. The highest BCUT2D eigenvalue weighted by Crippen LogP contribution is 2.39. The van der Waals surface area contributed by atoms with Crippen molar-refractivity contribution in [3.05, 3.63) is 45.5 Å². The SMILES string of the molecule is OCC1O[C@H](Sc2ccc(Cl)c(Br)c2)C(O)C(n2cc(-c3nccs3)nn2)[C@H]1O. The summed E-state index contributed by atoms with van der Waals surface area (Å²) in [6.07, 6.45) is 0.114. The van der Waals surface area contributed by atoms with Gasteiger partial charge in [-0.05, 0) is 34.1 Å². The normalized spacial score (nSPS) is 27.3. The van der Waals surface area contributed by atoms with Crippen molar-refractivity contribution in [2.75, 3.05) is 6.61 Å². The molecule has 12 heteroatoms. The van der Waals surface area contributed by atoms with Gasteiger partial charge in [-0.25, -0.2) is 9.67 Å². The Labute approximate surface area is 187 Å². The molecule has 0 saturated carbocycles. The molecule has 0 spiro atoms. The number of rotatable bonds is 5. The van der Waals surface area contributed by atoms with E-state index in [0.29, 0.717) is 20.2 Å². The molecule has 2 aromatic heterocycles. The van der Waals surface area contributed by atoms with E-state index in [1.165, 1.54) is 27.8 Å². The van der Waals surface area contributed by atoms with Crippen LogP contribution in [-0.4, -0.2) is 65.7 Å². The maximum absolute atomic E-state index is 11.0. The molecule has 1 saturated heterocycles. The number of aliphatic hydroxyl groups excluding tert-OH is 3. The molecule has 1 fully saturated rings. The molecule has 3 heterocycles. The predicted molar refractivity (Wildman–Crippen MR) is 113 cm³/mol. The van der Waals surface area contributed by atoms with Crippen LogP contribution in [0.1, 0.15) is 6.04 Å². The van der Waals surface area contributed by atoms with Crippen LogP contribution in [0.25, 0.3) is 10.7 Å². The minimum Gasteiger partial charge on any atom is -0.394 e. The molecule has 3 aromatic rings. The molecule has 154 valence electrons. The number of aromatic nitrogens is 4. The third kappa shape index (κ3) is 4.37. The lowest BCUT2D eigenvalue weighted by Crippen LogP contribution is -2.55. The Morgan fingerprint density at radius 3 is 2.83 bits per heavy atom. The molecule has 5 atom stereocenters. The quantitative estimate of drug-likeness (QED) is 0.471. The van der Waals surface area contributed by atoms with Gasteiger partial charge in [0.15, 0.2) is 0 Å². The average Bonchev–Trinajstić information content (AvgIpc) is 3.39. The molecule has 1 aromatic carbocycles. The van der Waals surface area contributed by atoms with E-state index >= 15 is 0 Å². The Balaban J connectivity index is 1.61. The number of aliphatic hydroxyl groups is 3. The fourth-order valence-electron chi connectivity index (χ4n) is 3.03. The van der Waals surface area contributed by atoms with Crippen LogP contribution in [-0.2, 0) is 4.74 Å². The van der Waals surface area contributed by atoms with Crippen molar-refractivity contribution in [1.29, 1.82) is 0 Å². The van der Waals surface area contributed by atoms with Crippen molar-refractivity contribution in [3.63, 3.8) is 0 Å². The monoisotopic (exact) mass is 518 g/mol. The van der Waals surface area contributed by atoms with Crippen LogP contribution in [0.4, 0.5) is 0 Å². The molecule has 29 heavy (non-hydrogen) atoms. The van der Waals surface area contributed by atoms with Gasteiger partial charge in [-0.2, -0.15) is 0 Å². The summed E-state index contributed by atoms with van der Waals surface area (Å²) in [5, 5.41) is 42.6. The molecule has 0 bridgehead atoms. The fraction of sp³-hybridized carbons (Fsp3) is 0.353. The first-order chi connectivity index (χ1) is 14.0. The Bertz CT molecular complexity index is 976. The molecule has 0 aliphatic carbocycles. The molecule has 8 nitrogen and oxygen atoms in total. The van der Waals surface area contributed by atoms with Gasteiger partial charge in [0.2, 0.25) is 0 Å². The molecule has 3 N–H and O–H groups in total. The van der Waals surface area contributed by atoms with Crippen LogP contribution in [0.3, 0.4) is 0 Å². The van der Waals surface area contributed by atoms with Gasteiger partial charge in [0, 0.05) is 20.9 Å². The number of thioether (sulfide) groups is 1. The number of thiazole rings is 1. The summed E-state index contributed by atoms with van der Waals surface area (Å²) in [6, 6.07) is 4.50. The number of ether oxygens (including phenoxy) is 1. The van der Waals surface area contributed by atoms with Gasteiger partial charge < -0.3 is 20.1 Å². The molecule has 1 aliphatic heterocycles. The Morgan fingerprint density at radius 2 is 2.14 bits per heavy atom. The van der Waals surface area contributed by atoms with Crippen molar-refractivity contribution in [2.24, 2.45) is 0 Å². The van der Waals surface area contributed by atoms with E-state index in [9.17, 15) is 15.3 Å². The fourth-order valence-corrected chi connectivity index (χ4v) is 5.37. The summed E-state index contributed by atoms with van der Waals surface area (Å²) in [4.78, 5) is 5.00. The van der Waals surface area contributed by atoms with Gasteiger partial charge in [0.1, 0.15) is 40.5 Å². The minimum absolute atomic E-state index is 0.403. The van der Waals surface area contributed by atoms with E-state index in [0.717, 1.165) is 4.90 Å². The third-order valence-electron chi connectivity index (χ3n) is 4.46. The zero-order valence-corrected chi connectivity index (χ0v) is 18.6. The van der Waals surface area contributed by atoms with Crippen molar-refractivity contribution < 1.29 is 20.1 Å². The largest absolute Gasteiger partial charge is 0.394 e. The van der Waals surface area contributed by atoms with Crippen LogP contribution in [0.5, 0.6) is 0 Å². The first-order valence-corrected chi connectivity index (χ1v) is 11.5. The average molecular weight is 520 g/mol. The lowest BCUT2D eigenvalue weighted by atomic mass is 9.97. The minimum atomic E-state index is -1.17. The number of benzene rings is 1. The van der Waals surface area contributed by atoms with Crippen molar-refractivity contribution in [3.8, 4) is 10.7 Å². The van der Waals surface area contributed by atoms with Crippen molar-refractivity contribution >= 4 is 50.6 Å². The summed E-state index contributed by atoms with van der Waals surface area (Å²) in [5.74, 6) is 0. The summed E-state index contributed by atoms with van der Waals surface area (Å²) < 4.78 is 7.88. The summed E-state index contributed by atoms with van der Waals surface area (Å²) in [7, 11) is 0. The van der Waals surface area contributed by atoms with Gasteiger partial charge in [0.25, 0.3) is 0 Å². The molecule has 3 unspecified atom stereocenters. The van der Waals surface area contributed by atoms with Crippen LogP contribution in [0.15, 0.2) is 45.3 Å². The van der Waals surface area contributed by atoms with Gasteiger partial charge in [-0.15, -0.1) is 16.4 Å². The van der Waals surface area contributed by atoms with Crippen molar-refractivity contribution in [2.45, 2.75) is 34.7 Å². The maximum atomic E-state index is 11.0. The van der Waals surface area contributed by atoms with Crippen LogP contribution >= 0.6 is 50.6 Å². The predicted octanol–water partition coefficient (Wildman–Crippen LogP) is 2.59. The zero-order chi connectivity index (χ0) is 20.5. The van der Waals surface area contributed by atoms with E-state index in [-0.39, 0.29) is 0 Å². The molecular formula is C17H16BrClN4O4S2. The highest BCUT2D eigenvalue weighted by atomic mass is 79.9. The second kappa shape index (κ2) is 8.98. The Morgan fingerprint density at radius 1 is 1.31 bits per heavy atom. The topological polar surface area (TPSA) is 114 Å². The van der Waals surface area contributed by atoms with E-state index in [1.54, 1.807) is 24.5 Å². The Kier molecular flexibility index (Phi) is 6.56. The number of nitrogens with zero attached hydrogens (tertiary/aromatic N) is 4. The molecule has 0 radical (unpaired) electrons. The first kappa shape index (κ1) is 21.2. The lowest BCUT2D eigenvalue weighted by molar-refractivity contribution is -0.178. The summed E-state index contributed by atoms with van der Waals surface area (Å²) in [6.45, 7) is -0.403. The molecule has 1 aliphatic rings. The summed E-state index contributed by atoms with van der Waals surface area (Å²) >= 11 is 12.1. The number of hydrogen-bond donors (Lipinski definition) is 3. The lowest BCUT2D eigenvalue weighted by Gasteiger charge is -2.41. The van der Waals surface area contributed by atoms with Gasteiger partial charge in [0.05, 0.1) is 17.8 Å². The van der Waals surface area contributed by atoms with E-state index in [4.69, 9.17) is 16.3 Å². The second-order valence-electron chi connectivity index (χ2n) is 6.31. The highest BCUT2D eigenvalue weighted by molar-refractivity contribution is 9.10. The highest BCUT2D eigenvalue weighted by Gasteiger charge is 2.46. The van der Waals surface area contributed by atoms with Crippen LogP contribution in [0, 0.1) is 0 Å². The molecule has 4 rings (SSSR count). The van der Waals surface area contributed by atoms with Crippen molar-refractivity contribution in [1.82, 2.24) is 20.0 Å². The molecular weight excluding hydrogens is 504 g/mol. The standard InChI is InChI=1S/C17H16BrClN4O4S2/c18-9-5-8(1-2-10(9)19)29-17-15(26)13(14(25)12(7-24)27-17)23-6-11(21-22-23)16-20-3-4-28-16/h1-6,12-15,17,24-26H,7H2/t12?,13?,14-,15?,17+/m0/s1. The smallest absolute Gasteiger partial charge is 0.145 e. The number of hydrogen-bond acceptors (Lipinski definition) is 9. The number of halogens is 2. The van der Waals surface area contributed by atoms with E-state index in [2.05, 4.69) is 31.2 Å².